The first-order valence-electron chi connectivity index (χ1n) is 5.47. The monoisotopic (exact) mass is 216 g/mol. The molecule has 1 fully saturated rings. The molecule has 0 aromatic heterocycles. The number of carboxylic acids is 1. The molecule has 0 aliphatic heterocycles. The van der Waals surface area contributed by atoms with Crippen molar-refractivity contribution in [3.8, 4) is 0 Å². The third-order valence-electron chi connectivity index (χ3n) is 3.14. The third kappa shape index (κ3) is 3.18. The molecule has 1 N–H and O–H groups in total. The number of carboxylic acid groups (broad SMARTS) is 1. The molecule has 4 heteroatoms. The van der Waals surface area contributed by atoms with Crippen LogP contribution in [0.2, 0.25) is 0 Å². The highest BCUT2D eigenvalue weighted by molar-refractivity contribution is 5.77. The molecule has 0 atom stereocenters. The topological polar surface area (TPSA) is 55.8 Å². The fraction of sp³-hybridized carbons (Fsp3) is 0.909. The first kappa shape index (κ1) is 12.5. The van der Waals surface area contributed by atoms with Crippen LogP contribution in [0.3, 0.4) is 0 Å². The van der Waals surface area contributed by atoms with Crippen molar-refractivity contribution >= 4 is 5.97 Å². The number of methoxy groups -OCH3 is 1. The third-order valence-corrected chi connectivity index (χ3v) is 3.14. The van der Waals surface area contributed by atoms with Crippen molar-refractivity contribution in [3.63, 3.8) is 0 Å². The summed E-state index contributed by atoms with van der Waals surface area (Å²) in [5.41, 5.74) is -0.953. The Balaban J connectivity index is 2.51. The number of rotatable bonds is 5. The van der Waals surface area contributed by atoms with Gasteiger partial charge in [0.1, 0.15) is 0 Å². The minimum Gasteiger partial charge on any atom is -0.479 e. The highest BCUT2D eigenvalue weighted by atomic mass is 16.5. The van der Waals surface area contributed by atoms with E-state index in [0.717, 1.165) is 12.8 Å². The van der Waals surface area contributed by atoms with Crippen LogP contribution in [-0.2, 0) is 14.3 Å². The lowest BCUT2D eigenvalue weighted by molar-refractivity contribution is -0.173. The average molecular weight is 216 g/mol. The molecule has 0 amide bonds. The zero-order valence-corrected chi connectivity index (χ0v) is 9.49. The van der Waals surface area contributed by atoms with Gasteiger partial charge in [0.05, 0.1) is 13.2 Å². The van der Waals surface area contributed by atoms with Gasteiger partial charge in [0.2, 0.25) is 0 Å². The van der Waals surface area contributed by atoms with Crippen LogP contribution in [0.4, 0.5) is 0 Å². The summed E-state index contributed by atoms with van der Waals surface area (Å²) < 4.78 is 10.4. The molecule has 0 unspecified atom stereocenters. The maximum atomic E-state index is 11.2. The molecule has 15 heavy (non-hydrogen) atoms. The summed E-state index contributed by atoms with van der Waals surface area (Å²) in [4.78, 5) is 11.2. The van der Waals surface area contributed by atoms with Gasteiger partial charge in [-0.2, -0.15) is 0 Å². The number of aliphatic carboxylic acids is 1. The largest absolute Gasteiger partial charge is 0.479 e. The number of hydrogen-bond acceptors (Lipinski definition) is 3. The van der Waals surface area contributed by atoms with Crippen LogP contribution in [0.15, 0.2) is 0 Å². The standard InChI is InChI=1S/C11H20O4/c1-9-3-5-11(6-4-9,10(12)13)15-8-7-14-2/h9H,3-8H2,1-2H3,(H,12,13). The number of hydrogen-bond donors (Lipinski definition) is 1. The van der Waals surface area contributed by atoms with E-state index in [1.54, 1.807) is 7.11 Å². The molecular formula is C11H20O4. The summed E-state index contributed by atoms with van der Waals surface area (Å²) in [6.07, 6.45) is 3.10. The molecule has 0 aromatic carbocycles. The summed E-state index contributed by atoms with van der Waals surface area (Å²) in [5, 5.41) is 9.21. The van der Waals surface area contributed by atoms with E-state index in [4.69, 9.17) is 9.47 Å². The molecule has 1 aliphatic carbocycles. The molecule has 0 heterocycles. The Morgan fingerprint density at radius 1 is 1.40 bits per heavy atom. The number of carbonyl (C=O) groups is 1. The molecule has 0 saturated heterocycles. The van der Waals surface area contributed by atoms with Gasteiger partial charge in [-0.1, -0.05) is 6.92 Å². The second-order valence-corrected chi connectivity index (χ2v) is 4.32. The summed E-state index contributed by atoms with van der Waals surface area (Å²) in [5.74, 6) is -0.214. The van der Waals surface area contributed by atoms with Crippen LogP contribution in [0.5, 0.6) is 0 Å². The zero-order valence-electron chi connectivity index (χ0n) is 9.49. The van der Waals surface area contributed by atoms with Gasteiger partial charge in [0.25, 0.3) is 0 Å². The van der Waals surface area contributed by atoms with E-state index < -0.39 is 11.6 Å². The van der Waals surface area contributed by atoms with Crippen LogP contribution in [-0.4, -0.2) is 37.0 Å². The second kappa shape index (κ2) is 5.47. The molecule has 0 radical (unpaired) electrons. The second-order valence-electron chi connectivity index (χ2n) is 4.32. The lowest BCUT2D eigenvalue weighted by Crippen LogP contribution is -2.45. The van der Waals surface area contributed by atoms with Gasteiger partial charge in [0.15, 0.2) is 5.60 Å². The van der Waals surface area contributed by atoms with Gasteiger partial charge in [0, 0.05) is 7.11 Å². The Kier molecular flexibility index (Phi) is 4.54. The normalized spacial score (nSPS) is 31.5. The first-order valence-corrected chi connectivity index (χ1v) is 5.47. The smallest absolute Gasteiger partial charge is 0.335 e. The van der Waals surface area contributed by atoms with E-state index in [1.807, 2.05) is 0 Å². The van der Waals surface area contributed by atoms with Crippen molar-refractivity contribution < 1.29 is 19.4 Å². The van der Waals surface area contributed by atoms with Gasteiger partial charge >= 0.3 is 5.97 Å². The molecule has 1 rings (SSSR count). The van der Waals surface area contributed by atoms with Crippen molar-refractivity contribution in [2.45, 2.75) is 38.2 Å². The quantitative estimate of drug-likeness (QED) is 0.710. The van der Waals surface area contributed by atoms with Gasteiger partial charge < -0.3 is 14.6 Å². The van der Waals surface area contributed by atoms with E-state index in [2.05, 4.69) is 6.92 Å². The van der Waals surface area contributed by atoms with Gasteiger partial charge in [-0.15, -0.1) is 0 Å². The molecule has 1 aliphatic rings. The van der Waals surface area contributed by atoms with Crippen molar-refractivity contribution in [1.29, 1.82) is 0 Å². The summed E-state index contributed by atoms with van der Waals surface area (Å²) in [6, 6.07) is 0. The van der Waals surface area contributed by atoms with Gasteiger partial charge in [-0.05, 0) is 31.6 Å². The van der Waals surface area contributed by atoms with E-state index in [0.29, 0.717) is 32.0 Å². The Morgan fingerprint density at radius 2 is 2.00 bits per heavy atom. The molecule has 88 valence electrons. The van der Waals surface area contributed by atoms with Gasteiger partial charge in [-0.25, -0.2) is 4.79 Å². The Bertz CT molecular complexity index is 207. The molecule has 0 spiro atoms. The summed E-state index contributed by atoms with van der Waals surface area (Å²) >= 11 is 0. The summed E-state index contributed by atoms with van der Waals surface area (Å²) in [7, 11) is 1.58. The van der Waals surface area contributed by atoms with Crippen LogP contribution >= 0.6 is 0 Å². The highest BCUT2D eigenvalue weighted by Gasteiger charge is 2.42. The fourth-order valence-corrected chi connectivity index (χ4v) is 1.97. The van der Waals surface area contributed by atoms with E-state index in [1.165, 1.54) is 0 Å². The average Bonchev–Trinajstić information content (AvgIpc) is 2.21. The maximum absolute atomic E-state index is 11.2. The van der Waals surface area contributed by atoms with Crippen LogP contribution < -0.4 is 0 Å². The van der Waals surface area contributed by atoms with Crippen molar-refractivity contribution in [2.24, 2.45) is 5.92 Å². The zero-order chi connectivity index (χ0) is 11.3. The lowest BCUT2D eigenvalue weighted by atomic mass is 9.79. The van der Waals surface area contributed by atoms with E-state index in [-0.39, 0.29) is 0 Å². The predicted octanol–water partition coefficient (Wildman–Crippen LogP) is 1.68. The van der Waals surface area contributed by atoms with Crippen molar-refractivity contribution in [1.82, 2.24) is 0 Å². The predicted molar refractivity (Wildman–Crippen MR) is 55.8 cm³/mol. The Hall–Kier alpha value is -0.610. The van der Waals surface area contributed by atoms with Crippen LogP contribution in [0.1, 0.15) is 32.6 Å². The minimum atomic E-state index is -0.953. The fourth-order valence-electron chi connectivity index (χ4n) is 1.97. The van der Waals surface area contributed by atoms with Crippen LogP contribution in [0.25, 0.3) is 0 Å². The number of ether oxygens (including phenoxy) is 2. The first-order chi connectivity index (χ1) is 7.10. The molecular weight excluding hydrogens is 196 g/mol. The molecule has 0 bridgehead atoms. The molecule has 4 nitrogen and oxygen atoms in total. The Morgan fingerprint density at radius 3 is 2.47 bits per heavy atom. The van der Waals surface area contributed by atoms with E-state index in [9.17, 15) is 9.90 Å². The highest BCUT2D eigenvalue weighted by Crippen LogP contribution is 2.34. The van der Waals surface area contributed by atoms with Crippen molar-refractivity contribution in [3.05, 3.63) is 0 Å². The van der Waals surface area contributed by atoms with Crippen LogP contribution in [0, 0.1) is 5.92 Å². The van der Waals surface area contributed by atoms with E-state index >= 15 is 0 Å². The Labute approximate surface area is 90.6 Å². The molecule has 0 aromatic rings. The van der Waals surface area contributed by atoms with Gasteiger partial charge in [-0.3, -0.25) is 0 Å². The summed E-state index contributed by atoms with van der Waals surface area (Å²) in [6.45, 7) is 2.96. The lowest BCUT2D eigenvalue weighted by Gasteiger charge is -2.35. The maximum Gasteiger partial charge on any atom is 0.335 e. The van der Waals surface area contributed by atoms with Crippen molar-refractivity contribution in [2.75, 3.05) is 20.3 Å². The molecule has 1 saturated carbocycles. The SMILES string of the molecule is COCCOC1(C(=O)O)CCC(C)CC1. The minimum absolute atomic E-state index is 0.358.